The highest BCUT2D eigenvalue weighted by Crippen LogP contribution is 2.38. The molecule has 20 heavy (non-hydrogen) atoms. The number of hydrogen-bond acceptors (Lipinski definition) is 1. The summed E-state index contributed by atoms with van der Waals surface area (Å²) in [7, 11) is 0. The summed E-state index contributed by atoms with van der Waals surface area (Å²) >= 11 is 6.28. The minimum atomic E-state index is 0.333. The van der Waals surface area contributed by atoms with Gasteiger partial charge in [0.15, 0.2) is 0 Å². The number of benzene rings is 1. The van der Waals surface area contributed by atoms with E-state index in [1.807, 2.05) is 12.1 Å². The zero-order valence-electron chi connectivity index (χ0n) is 13.2. The molecule has 1 saturated carbocycles. The van der Waals surface area contributed by atoms with Crippen LogP contribution in [0, 0.1) is 11.3 Å². The smallest absolute Gasteiger partial charge is 0.0453 e. The van der Waals surface area contributed by atoms with Crippen molar-refractivity contribution < 1.29 is 0 Å². The van der Waals surface area contributed by atoms with E-state index in [-0.39, 0.29) is 0 Å². The van der Waals surface area contributed by atoms with Crippen LogP contribution in [0.25, 0.3) is 0 Å². The monoisotopic (exact) mass is 293 g/mol. The Labute approximate surface area is 129 Å². The maximum Gasteiger partial charge on any atom is 0.0453 e. The first-order valence-electron chi connectivity index (χ1n) is 7.88. The van der Waals surface area contributed by atoms with Gasteiger partial charge in [-0.3, -0.25) is 0 Å². The van der Waals surface area contributed by atoms with E-state index in [4.69, 9.17) is 11.6 Å². The van der Waals surface area contributed by atoms with Crippen molar-refractivity contribution in [2.24, 2.45) is 11.3 Å². The molecule has 1 aromatic carbocycles. The van der Waals surface area contributed by atoms with E-state index in [9.17, 15) is 0 Å². The Bertz CT molecular complexity index is 427. The second-order valence-corrected chi connectivity index (χ2v) is 7.73. The van der Waals surface area contributed by atoms with Gasteiger partial charge in [-0.2, -0.15) is 0 Å². The molecule has 0 aromatic heterocycles. The third kappa shape index (κ3) is 3.99. The van der Waals surface area contributed by atoms with Crippen molar-refractivity contribution in [2.75, 3.05) is 0 Å². The lowest BCUT2D eigenvalue weighted by Crippen LogP contribution is -2.37. The van der Waals surface area contributed by atoms with Gasteiger partial charge in [-0.1, -0.05) is 50.6 Å². The molecule has 0 amide bonds. The summed E-state index contributed by atoms with van der Waals surface area (Å²) in [5.74, 6) is 0.871. The highest BCUT2D eigenvalue weighted by atomic mass is 35.5. The van der Waals surface area contributed by atoms with Crippen molar-refractivity contribution in [1.29, 1.82) is 0 Å². The average molecular weight is 294 g/mol. The molecule has 0 spiro atoms. The minimum absolute atomic E-state index is 0.333. The van der Waals surface area contributed by atoms with Gasteiger partial charge in [-0.15, -0.1) is 0 Å². The summed E-state index contributed by atoms with van der Waals surface area (Å²) in [6.07, 6.45) is 5.26. The lowest BCUT2D eigenvalue weighted by atomic mass is 9.71. The molecule has 1 fully saturated rings. The summed E-state index contributed by atoms with van der Waals surface area (Å²) in [6.45, 7) is 9.34. The van der Waals surface area contributed by atoms with Crippen LogP contribution in [0.2, 0.25) is 5.02 Å². The van der Waals surface area contributed by atoms with Crippen LogP contribution in [0.3, 0.4) is 0 Å². The van der Waals surface area contributed by atoms with Crippen molar-refractivity contribution in [3.8, 4) is 0 Å². The Morgan fingerprint density at radius 1 is 1.10 bits per heavy atom. The molecule has 1 aliphatic carbocycles. The van der Waals surface area contributed by atoms with Crippen molar-refractivity contribution in [3.63, 3.8) is 0 Å². The number of hydrogen-bond donors (Lipinski definition) is 1. The van der Waals surface area contributed by atoms with Gasteiger partial charge in [0.05, 0.1) is 0 Å². The number of rotatable bonds is 3. The molecular weight excluding hydrogens is 266 g/mol. The fraction of sp³-hybridized carbons (Fsp3) is 0.667. The fourth-order valence-electron chi connectivity index (χ4n) is 3.40. The molecule has 1 aliphatic rings. The van der Waals surface area contributed by atoms with Gasteiger partial charge in [0.25, 0.3) is 0 Å². The Balaban J connectivity index is 1.88. The number of halogens is 1. The third-order valence-corrected chi connectivity index (χ3v) is 5.15. The lowest BCUT2D eigenvalue weighted by molar-refractivity contribution is 0.157. The summed E-state index contributed by atoms with van der Waals surface area (Å²) in [5.41, 5.74) is 1.67. The van der Waals surface area contributed by atoms with Gasteiger partial charge in [-0.05, 0) is 55.6 Å². The Morgan fingerprint density at radius 2 is 1.70 bits per heavy atom. The van der Waals surface area contributed by atoms with Gasteiger partial charge < -0.3 is 5.32 Å². The van der Waals surface area contributed by atoms with Gasteiger partial charge in [0, 0.05) is 17.1 Å². The molecule has 1 nitrogen and oxygen atoms in total. The van der Waals surface area contributed by atoms with Gasteiger partial charge in [0.1, 0.15) is 0 Å². The van der Waals surface area contributed by atoms with Crippen LogP contribution in [0.5, 0.6) is 0 Å². The van der Waals surface area contributed by atoms with Gasteiger partial charge in [-0.25, -0.2) is 0 Å². The normalized spacial score (nSPS) is 25.4. The van der Waals surface area contributed by atoms with Crippen LogP contribution in [0.1, 0.15) is 65.0 Å². The first-order valence-corrected chi connectivity index (χ1v) is 8.26. The van der Waals surface area contributed by atoms with Crippen molar-refractivity contribution in [1.82, 2.24) is 5.32 Å². The molecule has 112 valence electrons. The molecular formula is C18H28ClN. The quantitative estimate of drug-likeness (QED) is 0.765. The number of nitrogens with one attached hydrogen (secondary N) is 1. The van der Waals surface area contributed by atoms with Crippen LogP contribution in [-0.2, 0) is 0 Å². The van der Waals surface area contributed by atoms with Crippen LogP contribution in [0.15, 0.2) is 24.3 Å². The molecule has 0 saturated heterocycles. The second kappa shape index (κ2) is 6.49. The van der Waals surface area contributed by atoms with E-state index >= 15 is 0 Å². The largest absolute Gasteiger partial charge is 0.307 e. The molecule has 2 rings (SSSR count). The average Bonchev–Trinajstić information content (AvgIpc) is 2.38. The van der Waals surface area contributed by atoms with Crippen LogP contribution in [0.4, 0.5) is 0 Å². The first-order chi connectivity index (χ1) is 9.38. The highest BCUT2D eigenvalue weighted by molar-refractivity contribution is 6.31. The summed E-state index contributed by atoms with van der Waals surface area (Å²) in [4.78, 5) is 0. The molecule has 0 heterocycles. The second-order valence-electron chi connectivity index (χ2n) is 7.32. The maximum atomic E-state index is 6.28. The topological polar surface area (TPSA) is 12.0 Å². The molecule has 1 aromatic rings. The standard InChI is InChI=1S/C18H28ClN/c1-13(16-7-5-6-8-17(16)19)20-15-11-9-14(10-12-15)18(2,3)4/h5-8,13-15,20H,9-12H2,1-4H3. The van der Waals surface area contributed by atoms with E-state index in [0.717, 1.165) is 10.9 Å². The predicted octanol–water partition coefficient (Wildman–Crippen LogP) is 5.60. The van der Waals surface area contributed by atoms with E-state index < -0.39 is 0 Å². The van der Waals surface area contributed by atoms with Crippen molar-refractivity contribution in [3.05, 3.63) is 34.9 Å². The lowest BCUT2D eigenvalue weighted by Gasteiger charge is -2.38. The SMILES string of the molecule is CC(NC1CCC(C(C)(C)C)CC1)c1ccccc1Cl. The van der Waals surface area contributed by atoms with Gasteiger partial charge in [0.2, 0.25) is 0 Å². The van der Waals surface area contributed by atoms with Crippen molar-refractivity contribution in [2.45, 2.75) is 65.5 Å². The summed E-state index contributed by atoms with van der Waals surface area (Å²) in [6, 6.07) is 9.13. The minimum Gasteiger partial charge on any atom is -0.307 e. The van der Waals surface area contributed by atoms with E-state index in [1.165, 1.54) is 31.2 Å². The third-order valence-electron chi connectivity index (χ3n) is 4.81. The Morgan fingerprint density at radius 3 is 2.25 bits per heavy atom. The Hall–Kier alpha value is -0.530. The zero-order valence-corrected chi connectivity index (χ0v) is 14.0. The van der Waals surface area contributed by atoms with E-state index in [0.29, 0.717) is 17.5 Å². The molecule has 2 heteroatoms. The Kier molecular flexibility index (Phi) is 5.14. The molecule has 1 atom stereocenters. The molecule has 0 radical (unpaired) electrons. The van der Waals surface area contributed by atoms with Crippen molar-refractivity contribution >= 4 is 11.6 Å². The van der Waals surface area contributed by atoms with E-state index in [1.54, 1.807) is 0 Å². The zero-order chi connectivity index (χ0) is 14.8. The summed E-state index contributed by atoms with van der Waals surface area (Å²) < 4.78 is 0. The van der Waals surface area contributed by atoms with E-state index in [2.05, 4.69) is 45.1 Å². The van der Waals surface area contributed by atoms with Gasteiger partial charge >= 0.3 is 0 Å². The fourth-order valence-corrected chi connectivity index (χ4v) is 3.70. The summed E-state index contributed by atoms with van der Waals surface area (Å²) in [5, 5.41) is 4.63. The molecule has 1 unspecified atom stereocenters. The first kappa shape index (κ1) is 15.9. The van der Waals surface area contributed by atoms with Crippen LogP contribution >= 0.6 is 11.6 Å². The molecule has 0 bridgehead atoms. The molecule has 0 aliphatic heterocycles. The molecule has 1 N–H and O–H groups in total. The predicted molar refractivity (Wildman–Crippen MR) is 88.2 cm³/mol. The van der Waals surface area contributed by atoms with Crippen LogP contribution in [-0.4, -0.2) is 6.04 Å². The highest BCUT2D eigenvalue weighted by Gasteiger charge is 2.30. The van der Waals surface area contributed by atoms with Crippen LogP contribution < -0.4 is 5.32 Å². The maximum absolute atomic E-state index is 6.28.